The molecule has 31 heavy (non-hydrogen) atoms. The zero-order valence-electron chi connectivity index (χ0n) is 18.7. The summed E-state index contributed by atoms with van der Waals surface area (Å²) in [6, 6.07) is 17.6. The Morgan fingerprint density at radius 1 is 0.968 bits per heavy atom. The van der Waals surface area contributed by atoms with Crippen LogP contribution in [0.15, 0.2) is 54.6 Å². The molecule has 6 heteroatoms. The summed E-state index contributed by atoms with van der Waals surface area (Å²) in [4.78, 5) is 25.6. The van der Waals surface area contributed by atoms with Crippen LogP contribution in [0.4, 0.5) is 0 Å². The van der Waals surface area contributed by atoms with Crippen molar-refractivity contribution in [3.63, 3.8) is 0 Å². The Balaban J connectivity index is 2.03. The molecule has 2 aromatic carbocycles. The number of carbonyl (C=O) groups excluding carboxylic acids is 2. The predicted molar refractivity (Wildman–Crippen MR) is 120 cm³/mol. The SMILES string of the molecule is CCOC(=O)CCCCN(Cc1ccc(C(=O)OC)cc1)CC(OC)c1ccccc1. The van der Waals surface area contributed by atoms with Crippen LogP contribution >= 0.6 is 0 Å². The molecule has 6 nitrogen and oxygen atoms in total. The predicted octanol–water partition coefficient (Wildman–Crippen LogP) is 4.40. The van der Waals surface area contributed by atoms with Crippen LogP contribution in [0.2, 0.25) is 0 Å². The molecule has 168 valence electrons. The van der Waals surface area contributed by atoms with Crippen LogP contribution in [0.1, 0.15) is 53.8 Å². The zero-order valence-corrected chi connectivity index (χ0v) is 18.7. The van der Waals surface area contributed by atoms with E-state index in [0.717, 1.165) is 37.1 Å². The fraction of sp³-hybridized carbons (Fsp3) is 0.440. The zero-order chi connectivity index (χ0) is 22.5. The molecule has 0 aliphatic heterocycles. The molecule has 0 N–H and O–H groups in total. The first-order valence-electron chi connectivity index (χ1n) is 10.7. The number of carbonyl (C=O) groups is 2. The highest BCUT2D eigenvalue weighted by Crippen LogP contribution is 2.20. The fourth-order valence-corrected chi connectivity index (χ4v) is 3.41. The van der Waals surface area contributed by atoms with E-state index in [1.54, 1.807) is 19.2 Å². The van der Waals surface area contributed by atoms with Crippen LogP contribution in [-0.4, -0.2) is 50.8 Å². The number of unbranched alkanes of at least 4 members (excludes halogenated alkanes) is 1. The van der Waals surface area contributed by atoms with Gasteiger partial charge >= 0.3 is 11.9 Å². The number of esters is 2. The lowest BCUT2D eigenvalue weighted by molar-refractivity contribution is -0.143. The van der Waals surface area contributed by atoms with E-state index >= 15 is 0 Å². The molecule has 0 bridgehead atoms. The molecule has 0 aliphatic rings. The van der Waals surface area contributed by atoms with Gasteiger partial charge in [-0.3, -0.25) is 9.69 Å². The van der Waals surface area contributed by atoms with Crippen molar-refractivity contribution in [2.75, 3.05) is 33.9 Å². The Morgan fingerprint density at radius 3 is 2.29 bits per heavy atom. The lowest BCUT2D eigenvalue weighted by Crippen LogP contribution is -2.30. The Morgan fingerprint density at radius 2 is 1.68 bits per heavy atom. The quantitative estimate of drug-likeness (QED) is 0.349. The maximum Gasteiger partial charge on any atom is 0.337 e. The molecule has 0 aromatic heterocycles. The average molecular weight is 428 g/mol. The second-order valence-electron chi connectivity index (χ2n) is 7.32. The lowest BCUT2D eigenvalue weighted by Gasteiger charge is -2.27. The summed E-state index contributed by atoms with van der Waals surface area (Å²) in [7, 11) is 3.10. The van der Waals surface area contributed by atoms with E-state index in [9.17, 15) is 9.59 Å². The maximum atomic E-state index is 11.7. The van der Waals surface area contributed by atoms with Gasteiger partial charge in [0, 0.05) is 26.6 Å². The first-order valence-corrected chi connectivity index (χ1v) is 10.7. The third-order valence-electron chi connectivity index (χ3n) is 5.07. The smallest absolute Gasteiger partial charge is 0.337 e. The highest BCUT2D eigenvalue weighted by Gasteiger charge is 2.16. The van der Waals surface area contributed by atoms with Gasteiger partial charge in [0.25, 0.3) is 0 Å². The molecular weight excluding hydrogens is 394 g/mol. The maximum absolute atomic E-state index is 11.7. The van der Waals surface area contributed by atoms with Crippen LogP contribution in [0.5, 0.6) is 0 Å². The summed E-state index contributed by atoms with van der Waals surface area (Å²) in [5.74, 6) is -0.489. The minimum absolute atomic E-state index is 0.0550. The minimum Gasteiger partial charge on any atom is -0.466 e. The molecular formula is C25H33NO5. The van der Waals surface area contributed by atoms with Crippen molar-refractivity contribution in [1.82, 2.24) is 4.90 Å². The van der Waals surface area contributed by atoms with E-state index in [4.69, 9.17) is 14.2 Å². The topological polar surface area (TPSA) is 65.1 Å². The largest absolute Gasteiger partial charge is 0.466 e. The van der Waals surface area contributed by atoms with E-state index < -0.39 is 0 Å². The fourth-order valence-electron chi connectivity index (χ4n) is 3.41. The van der Waals surface area contributed by atoms with Gasteiger partial charge in [0.1, 0.15) is 0 Å². The third kappa shape index (κ3) is 8.52. The van der Waals surface area contributed by atoms with Gasteiger partial charge in [0.15, 0.2) is 0 Å². The molecule has 0 radical (unpaired) electrons. The van der Waals surface area contributed by atoms with E-state index in [0.29, 0.717) is 25.1 Å². The Labute approximate surface area is 185 Å². The summed E-state index contributed by atoms with van der Waals surface area (Å²) in [6.07, 6.45) is 2.03. The summed E-state index contributed by atoms with van der Waals surface area (Å²) in [6.45, 7) is 4.50. The van der Waals surface area contributed by atoms with Crippen molar-refractivity contribution in [2.24, 2.45) is 0 Å². The van der Waals surface area contributed by atoms with Crippen LogP contribution in [0, 0.1) is 0 Å². The monoisotopic (exact) mass is 427 g/mol. The minimum atomic E-state index is -0.342. The van der Waals surface area contributed by atoms with E-state index in [1.807, 2.05) is 37.3 Å². The van der Waals surface area contributed by atoms with E-state index in [1.165, 1.54) is 7.11 Å². The van der Waals surface area contributed by atoms with Gasteiger partial charge in [-0.15, -0.1) is 0 Å². The first kappa shape index (κ1) is 24.6. The highest BCUT2D eigenvalue weighted by atomic mass is 16.5. The van der Waals surface area contributed by atoms with Gasteiger partial charge < -0.3 is 14.2 Å². The number of rotatable bonds is 13. The van der Waals surface area contributed by atoms with Crippen molar-refractivity contribution >= 4 is 11.9 Å². The summed E-state index contributed by atoms with van der Waals surface area (Å²) < 4.78 is 15.6. The Kier molecular flexibility index (Phi) is 10.8. The van der Waals surface area contributed by atoms with Crippen LogP contribution in [0.3, 0.4) is 0 Å². The van der Waals surface area contributed by atoms with Gasteiger partial charge in [-0.05, 0) is 49.6 Å². The molecule has 0 amide bonds. The number of methoxy groups -OCH3 is 2. The van der Waals surface area contributed by atoms with Crippen molar-refractivity contribution in [3.8, 4) is 0 Å². The molecule has 2 aromatic rings. The number of ether oxygens (including phenoxy) is 3. The molecule has 0 heterocycles. The van der Waals surface area contributed by atoms with Crippen LogP contribution in [-0.2, 0) is 25.5 Å². The summed E-state index contributed by atoms with van der Waals surface area (Å²) in [5.41, 5.74) is 2.76. The third-order valence-corrected chi connectivity index (χ3v) is 5.07. The second kappa shape index (κ2) is 13.6. The van der Waals surface area contributed by atoms with Gasteiger partial charge in [0.2, 0.25) is 0 Å². The molecule has 0 saturated carbocycles. The lowest BCUT2D eigenvalue weighted by atomic mass is 10.1. The van der Waals surface area contributed by atoms with Crippen LogP contribution in [0.25, 0.3) is 0 Å². The highest BCUT2D eigenvalue weighted by molar-refractivity contribution is 5.89. The standard InChI is InChI=1S/C25H33NO5/c1-4-31-24(27)12-8-9-17-26(19-23(29-2)21-10-6-5-7-11-21)18-20-13-15-22(16-14-20)25(28)30-3/h5-7,10-11,13-16,23H,4,8-9,12,17-19H2,1-3H3. The van der Waals surface area contributed by atoms with E-state index in [-0.39, 0.29) is 18.0 Å². The van der Waals surface area contributed by atoms with Gasteiger partial charge in [-0.2, -0.15) is 0 Å². The number of benzene rings is 2. The number of nitrogens with zero attached hydrogens (tertiary/aromatic N) is 1. The van der Waals surface area contributed by atoms with Crippen molar-refractivity contribution in [3.05, 3.63) is 71.3 Å². The first-order chi connectivity index (χ1) is 15.1. The summed E-state index contributed by atoms with van der Waals surface area (Å²) in [5, 5.41) is 0. The molecule has 2 rings (SSSR count). The summed E-state index contributed by atoms with van der Waals surface area (Å²) >= 11 is 0. The van der Waals surface area contributed by atoms with Crippen molar-refractivity contribution in [2.45, 2.75) is 38.8 Å². The normalized spacial score (nSPS) is 11.9. The molecule has 0 spiro atoms. The van der Waals surface area contributed by atoms with E-state index in [2.05, 4.69) is 17.0 Å². The van der Waals surface area contributed by atoms with Crippen molar-refractivity contribution in [1.29, 1.82) is 0 Å². The Hall–Kier alpha value is -2.70. The van der Waals surface area contributed by atoms with Gasteiger partial charge in [-0.1, -0.05) is 42.5 Å². The number of hydrogen-bond acceptors (Lipinski definition) is 6. The van der Waals surface area contributed by atoms with Crippen LogP contribution < -0.4 is 0 Å². The molecule has 0 saturated heterocycles. The molecule has 0 aliphatic carbocycles. The van der Waals surface area contributed by atoms with Crippen molar-refractivity contribution < 1.29 is 23.8 Å². The number of hydrogen-bond donors (Lipinski definition) is 0. The van der Waals surface area contributed by atoms with Gasteiger partial charge in [0.05, 0.1) is 25.4 Å². The molecule has 0 fully saturated rings. The second-order valence-corrected chi connectivity index (χ2v) is 7.32. The molecule has 1 atom stereocenters. The Bertz CT molecular complexity index is 791. The average Bonchev–Trinajstić information content (AvgIpc) is 2.80. The van der Waals surface area contributed by atoms with Gasteiger partial charge in [-0.25, -0.2) is 4.79 Å². The molecule has 1 unspecified atom stereocenters.